The highest BCUT2D eigenvalue weighted by atomic mass is 19.4. The highest BCUT2D eigenvalue weighted by molar-refractivity contribution is 6.22. The average molecular weight is 380 g/mol. The van der Waals surface area contributed by atoms with Crippen LogP contribution in [0.15, 0.2) is 18.2 Å². The summed E-state index contributed by atoms with van der Waals surface area (Å²) in [5.74, 6) is -0.767. The standard InChI is InChI=1S/C16H11F3N4O4/c17-16(18,19)10-3-8(2-1-7(10)5-20)23-13(24)12-11-4-9(22(12)14(23)25)6-21(11)15(26)27/h1-3,9,11-12H,4,6H2,(H,26,27). The third-order valence-corrected chi connectivity index (χ3v) is 5.20. The molecule has 11 heteroatoms. The molecule has 3 heterocycles. The minimum Gasteiger partial charge on any atom is -0.465 e. The number of hydrogen-bond acceptors (Lipinski definition) is 4. The van der Waals surface area contributed by atoms with Gasteiger partial charge in [0.1, 0.15) is 6.04 Å². The zero-order valence-corrected chi connectivity index (χ0v) is 13.5. The van der Waals surface area contributed by atoms with Crippen LogP contribution in [-0.4, -0.2) is 57.6 Å². The molecule has 140 valence electrons. The molecule has 1 aromatic carbocycles. The molecule has 0 spiro atoms. The van der Waals surface area contributed by atoms with E-state index < -0.39 is 53.5 Å². The maximum atomic E-state index is 13.2. The number of urea groups is 1. The van der Waals surface area contributed by atoms with Crippen molar-refractivity contribution < 1.29 is 32.7 Å². The predicted octanol–water partition coefficient (Wildman–Crippen LogP) is 1.85. The molecule has 0 aliphatic carbocycles. The first kappa shape index (κ1) is 17.1. The van der Waals surface area contributed by atoms with Crippen LogP contribution in [-0.2, 0) is 11.0 Å². The fraction of sp³-hybridized carbons (Fsp3) is 0.375. The number of fused-ring (bicyclic) bond motifs is 5. The van der Waals surface area contributed by atoms with Gasteiger partial charge < -0.3 is 14.9 Å². The highest BCUT2D eigenvalue weighted by Crippen LogP contribution is 2.43. The van der Waals surface area contributed by atoms with Crippen molar-refractivity contribution in [3.8, 4) is 6.07 Å². The molecule has 1 N–H and O–H groups in total. The second-order valence-electron chi connectivity index (χ2n) is 6.54. The molecule has 4 rings (SSSR count). The number of hydrogen-bond donors (Lipinski definition) is 1. The number of nitrogens with zero attached hydrogens (tertiary/aromatic N) is 4. The molecule has 4 amide bonds. The zero-order valence-electron chi connectivity index (χ0n) is 13.5. The fourth-order valence-corrected chi connectivity index (χ4v) is 4.12. The quantitative estimate of drug-likeness (QED) is 0.749. The number of rotatable bonds is 1. The first-order valence-corrected chi connectivity index (χ1v) is 7.92. The Balaban J connectivity index is 1.73. The zero-order chi connectivity index (χ0) is 19.7. The van der Waals surface area contributed by atoms with Gasteiger partial charge in [0.15, 0.2) is 0 Å². The summed E-state index contributed by atoms with van der Waals surface area (Å²) in [4.78, 5) is 39.7. The van der Waals surface area contributed by atoms with Crippen LogP contribution in [0.25, 0.3) is 0 Å². The lowest BCUT2D eigenvalue weighted by Gasteiger charge is -2.32. The topological polar surface area (TPSA) is 105 Å². The van der Waals surface area contributed by atoms with Gasteiger partial charge in [-0.25, -0.2) is 14.5 Å². The molecule has 3 unspecified atom stereocenters. The van der Waals surface area contributed by atoms with E-state index in [1.165, 1.54) is 11.0 Å². The lowest BCUT2D eigenvalue weighted by Crippen LogP contribution is -2.54. The van der Waals surface area contributed by atoms with Crippen molar-refractivity contribution in [2.24, 2.45) is 0 Å². The normalized spacial score (nSPS) is 26.6. The maximum absolute atomic E-state index is 13.2. The van der Waals surface area contributed by atoms with Crippen molar-refractivity contribution in [3.05, 3.63) is 29.3 Å². The third kappa shape index (κ3) is 2.26. The van der Waals surface area contributed by atoms with E-state index in [-0.39, 0.29) is 12.2 Å². The molecule has 1 aromatic rings. The van der Waals surface area contributed by atoms with Crippen molar-refractivity contribution in [3.63, 3.8) is 0 Å². The summed E-state index contributed by atoms with van der Waals surface area (Å²) in [7, 11) is 0. The third-order valence-electron chi connectivity index (χ3n) is 5.20. The van der Waals surface area contributed by atoms with Gasteiger partial charge in [-0.05, 0) is 24.6 Å². The van der Waals surface area contributed by atoms with E-state index in [2.05, 4.69) is 0 Å². The van der Waals surface area contributed by atoms with Gasteiger partial charge in [0.25, 0.3) is 5.91 Å². The molecule has 0 radical (unpaired) electrons. The minimum absolute atomic E-state index is 0.0601. The summed E-state index contributed by atoms with van der Waals surface area (Å²) < 4.78 is 39.5. The average Bonchev–Trinajstić information content (AvgIpc) is 3.25. The number of piperazine rings is 1. The Morgan fingerprint density at radius 3 is 2.59 bits per heavy atom. The number of alkyl halides is 3. The summed E-state index contributed by atoms with van der Waals surface area (Å²) in [6, 6.07) is 1.00. The lowest BCUT2D eigenvalue weighted by atomic mass is 10.1. The van der Waals surface area contributed by atoms with Crippen LogP contribution in [0.4, 0.5) is 28.4 Å². The van der Waals surface area contributed by atoms with E-state index in [0.717, 1.165) is 17.0 Å². The molecule has 27 heavy (non-hydrogen) atoms. The molecule has 0 aromatic heterocycles. The van der Waals surface area contributed by atoms with E-state index in [9.17, 15) is 32.7 Å². The van der Waals surface area contributed by atoms with Crippen molar-refractivity contribution >= 4 is 23.7 Å². The number of amides is 4. The Labute approximate surface area is 150 Å². The molecule has 2 bridgehead atoms. The maximum Gasteiger partial charge on any atom is 0.417 e. The number of likely N-dealkylation sites (tertiary alicyclic amines) is 1. The number of nitriles is 1. The summed E-state index contributed by atoms with van der Waals surface area (Å²) in [5.41, 5.74) is -2.17. The number of carbonyl (C=O) groups excluding carboxylic acids is 2. The summed E-state index contributed by atoms with van der Waals surface area (Å²) in [6.45, 7) is 0.0601. The molecule has 3 aliphatic rings. The van der Waals surface area contributed by atoms with Crippen LogP contribution < -0.4 is 4.90 Å². The first-order valence-electron chi connectivity index (χ1n) is 7.92. The molecule has 3 aliphatic heterocycles. The van der Waals surface area contributed by atoms with Gasteiger partial charge in [-0.3, -0.25) is 4.79 Å². The highest BCUT2D eigenvalue weighted by Gasteiger charge is 2.63. The Hall–Kier alpha value is -3.29. The number of imide groups is 1. The van der Waals surface area contributed by atoms with Gasteiger partial charge in [0.2, 0.25) is 0 Å². The largest absolute Gasteiger partial charge is 0.465 e. The van der Waals surface area contributed by atoms with E-state index in [1.807, 2.05) is 0 Å². The van der Waals surface area contributed by atoms with Gasteiger partial charge in [-0.2, -0.15) is 18.4 Å². The molecule has 3 fully saturated rings. The number of halogens is 3. The molecule has 3 saturated heterocycles. The van der Waals surface area contributed by atoms with Crippen LogP contribution in [0.2, 0.25) is 0 Å². The predicted molar refractivity (Wildman–Crippen MR) is 81.6 cm³/mol. The van der Waals surface area contributed by atoms with Crippen LogP contribution in [0.5, 0.6) is 0 Å². The van der Waals surface area contributed by atoms with Gasteiger partial charge in [-0.1, -0.05) is 0 Å². The summed E-state index contributed by atoms with van der Waals surface area (Å²) in [5, 5.41) is 18.1. The van der Waals surface area contributed by atoms with Crippen molar-refractivity contribution in [2.45, 2.75) is 30.7 Å². The minimum atomic E-state index is -4.83. The van der Waals surface area contributed by atoms with Crippen LogP contribution in [0.1, 0.15) is 17.5 Å². The second-order valence-corrected chi connectivity index (χ2v) is 6.54. The van der Waals surface area contributed by atoms with Gasteiger partial charge in [0, 0.05) is 6.54 Å². The van der Waals surface area contributed by atoms with Crippen molar-refractivity contribution in [1.29, 1.82) is 5.26 Å². The Kier molecular flexibility index (Phi) is 3.40. The smallest absolute Gasteiger partial charge is 0.417 e. The van der Waals surface area contributed by atoms with E-state index in [1.54, 1.807) is 0 Å². The summed E-state index contributed by atoms with van der Waals surface area (Å²) in [6.07, 6.45) is -5.72. The monoisotopic (exact) mass is 380 g/mol. The number of anilines is 1. The van der Waals surface area contributed by atoms with Gasteiger partial charge >= 0.3 is 18.3 Å². The second kappa shape index (κ2) is 5.35. The van der Waals surface area contributed by atoms with Crippen LogP contribution in [0, 0.1) is 11.3 Å². The Morgan fingerprint density at radius 2 is 2.00 bits per heavy atom. The SMILES string of the molecule is N#Cc1ccc(N2C(=O)C3C4CC(CN4C(=O)O)N3C2=O)cc1C(F)(F)F. The number of carbonyl (C=O) groups is 3. The van der Waals surface area contributed by atoms with Crippen LogP contribution >= 0.6 is 0 Å². The van der Waals surface area contributed by atoms with Crippen molar-refractivity contribution in [2.75, 3.05) is 11.4 Å². The molecule has 0 saturated carbocycles. The Bertz CT molecular complexity index is 925. The van der Waals surface area contributed by atoms with Crippen LogP contribution in [0.3, 0.4) is 0 Å². The van der Waals surface area contributed by atoms with E-state index in [4.69, 9.17) is 5.26 Å². The lowest BCUT2D eigenvalue weighted by molar-refractivity contribution is -0.137. The van der Waals surface area contributed by atoms with E-state index in [0.29, 0.717) is 17.4 Å². The van der Waals surface area contributed by atoms with Gasteiger partial charge in [-0.15, -0.1) is 0 Å². The summed E-state index contributed by atoms with van der Waals surface area (Å²) >= 11 is 0. The van der Waals surface area contributed by atoms with E-state index >= 15 is 0 Å². The van der Waals surface area contributed by atoms with Gasteiger partial charge in [0.05, 0.1) is 35.0 Å². The molecular weight excluding hydrogens is 369 g/mol. The van der Waals surface area contributed by atoms with Crippen molar-refractivity contribution in [1.82, 2.24) is 9.80 Å². The Morgan fingerprint density at radius 1 is 1.30 bits per heavy atom. The fourth-order valence-electron chi connectivity index (χ4n) is 4.12. The molecular formula is C16H11F3N4O4. The number of carboxylic acid groups (broad SMARTS) is 1. The number of benzene rings is 1. The molecule has 3 atom stereocenters. The molecule has 8 nitrogen and oxygen atoms in total. The first-order chi connectivity index (χ1) is 12.6.